The Hall–Kier alpha value is -2.15. The Morgan fingerprint density at radius 1 is 1.43 bits per heavy atom. The zero-order chi connectivity index (χ0) is 15.8. The van der Waals surface area contributed by atoms with Crippen molar-refractivity contribution in [3.63, 3.8) is 0 Å². The second kappa shape index (κ2) is 8.21. The van der Waals surface area contributed by atoms with Crippen LogP contribution in [0.2, 0.25) is 0 Å². The standard InChI is InChI=1S/C14H20N2O5/c1-3-10(2)13(14(17)18)15-8-9-21-12-6-4-11(5-7-12)16(19)20/h4-7,10,13,15H,3,8-9H2,1-2H3,(H,17,18)/t10-,13-/m0/s1. The van der Waals surface area contributed by atoms with Crippen molar-refractivity contribution in [2.75, 3.05) is 13.2 Å². The molecule has 2 N–H and O–H groups in total. The molecule has 0 saturated heterocycles. The molecule has 0 saturated carbocycles. The minimum absolute atomic E-state index is 0.00295. The molecule has 0 spiro atoms. The van der Waals surface area contributed by atoms with E-state index in [0.29, 0.717) is 12.3 Å². The molecule has 2 atom stereocenters. The van der Waals surface area contributed by atoms with Crippen LogP contribution in [-0.2, 0) is 4.79 Å². The maximum atomic E-state index is 11.1. The molecule has 0 aliphatic carbocycles. The maximum absolute atomic E-state index is 11.1. The fourth-order valence-electron chi connectivity index (χ4n) is 1.81. The summed E-state index contributed by atoms with van der Waals surface area (Å²) in [5.74, 6) is -0.334. The molecule has 7 nitrogen and oxygen atoms in total. The number of benzene rings is 1. The number of non-ortho nitro benzene ring substituents is 1. The predicted molar refractivity (Wildman–Crippen MR) is 77.5 cm³/mol. The molecule has 0 fully saturated rings. The Morgan fingerprint density at radius 2 is 2.05 bits per heavy atom. The van der Waals surface area contributed by atoms with E-state index in [1.807, 2.05) is 13.8 Å². The first-order chi connectivity index (χ1) is 9.95. The van der Waals surface area contributed by atoms with Crippen molar-refractivity contribution in [2.24, 2.45) is 5.92 Å². The fraction of sp³-hybridized carbons (Fsp3) is 0.500. The maximum Gasteiger partial charge on any atom is 0.320 e. The van der Waals surface area contributed by atoms with Gasteiger partial charge in [0.1, 0.15) is 18.4 Å². The third-order valence-electron chi connectivity index (χ3n) is 3.26. The van der Waals surface area contributed by atoms with Crippen molar-refractivity contribution in [3.05, 3.63) is 34.4 Å². The van der Waals surface area contributed by atoms with Crippen molar-refractivity contribution in [1.82, 2.24) is 5.32 Å². The number of nitrogens with one attached hydrogen (secondary N) is 1. The summed E-state index contributed by atoms with van der Waals surface area (Å²) in [6.07, 6.45) is 0.771. The van der Waals surface area contributed by atoms with E-state index in [9.17, 15) is 14.9 Å². The Labute approximate surface area is 123 Å². The van der Waals surface area contributed by atoms with Gasteiger partial charge < -0.3 is 15.2 Å². The van der Waals surface area contributed by atoms with Gasteiger partial charge in [-0.15, -0.1) is 0 Å². The summed E-state index contributed by atoms with van der Waals surface area (Å²) in [5.41, 5.74) is 0.00295. The van der Waals surface area contributed by atoms with Gasteiger partial charge in [0.05, 0.1) is 4.92 Å². The van der Waals surface area contributed by atoms with Gasteiger partial charge in [-0.25, -0.2) is 0 Å². The highest BCUT2D eigenvalue weighted by molar-refractivity contribution is 5.73. The van der Waals surface area contributed by atoms with Crippen LogP contribution in [0, 0.1) is 16.0 Å². The summed E-state index contributed by atoms with van der Waals surface area (Å²) in [6, 6.07) is 5.16. The summed E-state index contributed by atoms with van der Waals surface area (Å²) in [6.45, 7) is 4.49. The lowest BCUT2D eigenvalue weighted by atomic mass is 9.99. The lowest BCUT2D eigenvalue weighted by Gasteiger charge is -2.20. The van der Waals surface area contributed by atoms with Crippen LogP contribution in [0.1, 0.15) is 20.3 Å². The summed E-state index contributed by atoms with van der Waals surface area (Å²) >= 11 is 0. The van der Waals surface area contributed by atoms with Crippen molar-refractivity contribution in [3.8, 4) is 5.75 Å². The fourth-order valence-corrected chi connectivity index (χ4v) is 1.81. The van der Waals surface area contributed by atoms with Gasteiger partial charge in [-0.3, -0.25) is 14.9 Å². The van der Waals surface area contributed by atoms with Crippen LogP contribution in [0.15, 0.2) is 24.3 Å². The van der Waals surface area contributed by atoms with Gasteiger partial charge in [0.25, 0.3) is 5.69 Å². The van der Waals surface area contributed by atoms with Gasteiger partial charge in [0, 0.05) is 18.7 Å². The summed E-state index contributed by atoms with van der Waals surface area (Å²) in [7, 11) is 0. The van der Waals surface area contributed by atoms with Crippen molar-refractivity contribution < 1.29 is 19.6 Å². The lowest BCUT2D eigenvalue weighted by Crippen LogP contribution is -2.43. The smallest absolute Gasteiger partial charge is 0.320 e. The van der Waals surface area contributed by atoms with E-state index in [1.165, 1.54) is 24.3 Å². The molecule has 1 rings (SSSR count). The molecular weight excluding hydrogens is 276 g/mol. The molecule has 1 aromatic rings. The molecule has 7 heteroatoms. The second-order valence-electron chi connectivity index (χ2n) is 4.76. The predicted octanol–water partition coefficient (Wildman–Crippen LogP) is 2.06. The van der Waals surface area contributed by atoms with E-state index in [1.54, 1.807) is 0 Å². The quantitative estimate of drug-likeness (QED) is 0.411. The third-order valence-corrected chi connectivity index (χ3v) is 3.26. The lowest BCUT2D eigenvalue weighted by molar-refractivity contribution is -0.384. The topological polar surface area (TPSA) is 102 Å². The first kappa shape index (κ1) is 16.9. The zero-order valence-electron chi connectivity index (χ0n) is 12.1. The van der Waals surface area contributed by atoms with Crippen LogP contribution in [0.5, 0.6) is 5.75 Å². The first-order valence-corrected chi connectivity index (χ1v) is 6.79. The van der Waals surface area contributed by atoms with Gasteiger partial charge in [0.2, 0.25) is 0 Å². The van der Waals surface area contributed by atoms with Crippen LogP contribution in [-0.4, -0.2) is 35.2 Å². The highest BCUT2D eigenvalue weighted by Gasteiger charge is 2.22. The Morgan fingerprint density at radius 3 is 2.52 bits per heavy atom. The number of hydrogen-bond donors (Lipinski definition) is 2. The molecule has 21 heavy (non-hydrogen) atoms. The monoisotopic (exact) mass is 296 g/mol. The Bertz CT molecular complexity index is 475. The number of carboxylic acid groups (broad SMARTS) is 1. The summed E-state index contributed by atoms with van der Waals surface area (Å²) < 4.78 is 5.41. The third kappa shape index (κ3) is 5.39. The second-order valence-corrected chi connectivity index (χ2v) is 4.76. The number of ether oxygens (including phenoxy) is 1. The molecule has 0 heterocycles. The molecule has 1 aromatic carbocycles. The van der Waals surface area contributed by atoms with Crippen LogP contribution in [0.3, 0.4) is 0 Å². The van der Waals surface area contributed by atoms with Crippen molar-refractivity contribution in [2.45, 2.75) is 26.3 Å². The molecule has 0 aliphatic rings. The highest BCUT2D eigenvalue weighted by atomic mass is 16.6. The summed E-state index contributed by atoms with van der Waals surface area (Å²) in [4.78, 5) is 21.1. The SMILES string of the molecule is CC[C@H](C)[C@H](NCCOc1ccc([N+](=O)[O-])cc1)C(=O)O. The van der Waals surface area contributed by atoms with Crippen LogP contribution < -0.4 is 10.1 Å². The molecule has 0 aromatic heterocycles. The number of hydrogen-bond acceptors (Lipinski definition) is 5. The van der Waals surface area contributed by atoms with Gasteiger partial charge in [-0.2, -0.15) is 0 Å². The van der Waals surface area contributed by atoms with Crippen LogP contribution >= 0.6 is 0 Å². The number of rotatable bonds is 9. The van der Waals surface area contributed by atoms with Gasteiger partial charge in [0.15, 0.2) is 0 Å². The van der Waals surface area contributed by atoms with E-state index in [2.05, 4.69) is 5.32 Å². The Kier molecular flexibility index (Phi) is 6.61. The minimum atomic E-state index is -0.875. The van der Waals surface area contributed by atoms with Crippen LogP contribution in [0.4, 0.5) is 5.69 Å². The molecule has 116 valence electrons. The van der Waals surface area contributed by atoms with Gasteiger partial charge in [-0.05, 0) is 18.1 Å². The number of carbonyl (C=O) groups is 1. The van der Waals surface area contributed by atoms with Crippen LogP contribution in [0.25, 0.3) is 0 Å². The number of nitro benzene ring substituents is 1. The molecule has 0 bridgehead atoms. The molecule has 0 unspecified atom stereocenters. The minimum Gasteiger partial charge on any atom is -0.492 e. The number of nitro groups is 1. The van der Waals surface area contributed by atoms with Gasteiger partial charge >= 0.3 is 5.97 Å². The molecule has 0 aliphatic heterocycles. The van der Waals surface area contributed by atoms with E-state index in [4.69, 9.17) is 9.84 Å². The first-order valence-electron chi connectivity index (χ1n) is 6.79. The van der Waals surface area contributed by atoms with E-state index in [0.717, 1.165) is 6.42 Å². The average molecular weight is 296 g/mol. The largest absolute Gasteiger partial charge is 0.492 e. The van der Waals surface area contributed by atoms with E-state index in [-0.39, 0.29) is 18.2 Å². The molecular formula is C14H20N2O5. The average Bonchev–Trinajstić information content (AvgIpc) is 2.46. The van der Waals surface area contributed by atoms with Crippen molar-refractivity contribution in [1.29, 1.82) is 0 Å². The number of nitrogens with zero attached hydrogens (tertiary/aromatic N) is 1. The van der Waals surface area contributed by atoms with Gasteiger partial charge in [-0.1, -0.05) is 20.3 Å². The number of carboxylic acids is 1. The molecule has 0 amide bonds. The number of aliphatic carboxylic acids is 1. The Balaban J connectivity index is 2.39. The molecule has 0 radical (unpaired) electrons. The normalized spacial score (nSPS) is 13.4. The van der Waals surface area contributed by atoms with Crippen molar-refractivity contribution >= 4 is 11.7 Å². The van der Waals surface area contributed by atoms with E-state index >= 15 is 0 Å². The van der Waals surface area contributed by atoms with E-state index < -0.39 is 16.9 Å². The summed E-state index contributed by atoms with van der Waals surface area (Å²) in [5, 5.41) is 22.5. The zero-order valence-corrected chi connectivity index (χ0v) is 12.1. The highest BCUT2D eigenvalue weighted by Crippen LogP contribution is 2.17.